The summed E-state index contributed by atoms with van der Waals surface area (Å²) in [5.41, 5.74) is 2.02. The average molecular weight is 283 g/mol. The summed E-state index contributed by atoms with van der Waals surface area (Å²) in [7, 11) is 1.61. The van der Waals surface area contributed by atoms with Crippen molar-refractivity contribution in [2.45, 2.75) is 19.9 Å². The molecule has 5 heteroatoms. The molecule has 0 atom stereocenters. The first-order valence-corrected chi connectivity index (χ1v) is 6.99. The molecule has 1 aromatic heterocycles. The number of hydrogen-bond acceptors (Lipinski definition) is 4. The van der Waals surface area contributed by atoms with Gasteiger partial charge < -0.3 is 10.1 Å². The van der Waals surface area contributed by atoms with Crippen molar-refractivity contribution in [1.82, 2.24) is 4.98 Å². The van der Waals surface area contributed by atoms with Crippen molar-refractivity contribution < 1.29 is 4.74 Å². The molecule has 1 heterocycles. The molecule has 1 N–H and O–H groups in total. The van der Waals surface area contributed by atoms with Gasteiger partial charge in [0.25, 0.3) is 0 Å². The van der Waals surface area contributed by atoms with Gasteiger partial charge in [-0.2, -0.15) is 0 Å². The van der Waals surface area contributed by atoms with Gasteiger partial charge in [-0.05, 0) is 24.6 Å². The average Bonchev–Trinajstić information content (AvgIpc) is 2.84. The molecule has 0 aliphatic heterocycles. The summed E-state index contributed by atoms with van der Waals surface area (Å²) in [5, 5.41) is 7.15. The molecule has 0 aliphatic carbocycles. The van der Waals surface area contributed by atoms with Crippen molar-refractivity contribution in [2.24, 2.45) is 0 Å². The number of ether oxygens (including phenoxy) is 1. The van der Waals surface area contributed by atoms with E-state index in [1.165, 1.54) is 5.01 Å². The van der Waals surface area contributed by atoms with E-state index < -0.39 is 0 Å². The highest BCUT2D eigenvalue weighted by molar-refractivity contribution is 7.09. The van der Waals surface area contributed by atoms with Crippen molar-refractivity contribution in [3.05, 3.63) is 39.3 Å². The summed E-state index contributed by atoms with van der Waals surface area (Å²) in [5.74, 6) is 0.684. The number of halogens is 1. The molecule has 0 bridgehead atoms. The topological polar surface area (TPSA) is 34.2 Å². The molecule has 2 rings (SSSR count). The van der Waals surface area contributed by atoms with Crippen LogP contribution in [0.2, 0.25) is 5.02 Å². The number of nitrogens with zero attached hydrogens (tertiary/aromatic N) is 1. The lowest BCUT2D eigenvalue weighted by molar-refractivity contribution is 0.415. The molecule has 0 saturated heterocycles. The summed E-state index contributed by atoms with van der Waals surface area (Å²) in [6.45, 7) is 2.82. The van der Waals surface area contributed by atoms with E-state index >= 15 is 0 Å². The van der Waals surface area contributed by atoms with Crippen LogP contribution in [0.3, 0.4) is 0 Å². The highest BCUT2D eigenvalue weighted by Crippen LogP contribution is 2.27. The van der Waals surface area contributed by atoms with E-state index in [9.17, 15) is 0 Å². The van der Waals surface area contributed by atoms with Crippen LogP contribution in [0, 0.1) is 0 Å². The lowest BCUT2D eigenvalue weighted by atomic mass is 10.3. The van der Waals surface area contributed by atoms with Gasteiger partial charge in [0.2, 0.25) is 0 Å². The third kappa shape index (κ3) is 3.15. The highest BCUT2D eigenvalue weighted by Gasteiger charge is 2.03. The van der Waals surface area contributed by atoms with Crippen LogP contribution >= 0.6 is 22.9 Å². The van der Waals surface area contributed by atoms with Gasteiger partial charge in [-0.15, -0.1) is 11.3 Å². The number of anilines is 1. The summed E-state index contributed by atoms with van der Waals surface area (Å²) in [6.07, 6.45) is 0.985. The molecule has 18 heavy (non-hydrogen) atoms. The van der Waals surface area contributed by atoms with Gasteiger partial charge in [0.1, 0.15) is 5.75 Å². The normalized spacial score (nSPS) is 10.4. The van der Waals surface area contributed by atoms with Crippen molar-refractivity contribution in [3.8, 4) is 5.75 Å². The number of nitrogens with one attached hydrogen (secondary N) is 1. The van der Waals surface area contributed by atoms with Crippen LogP contribution in [0.5, 0.6) is 5.75 Å². The molecule has 96 valence electrons. The molecule has 0 saturated carbocycles. The van der Waals surface area contributed by atoms with Crippen molar-refractivity contribution in [3.63, 3.8) is 0 Å². The molecule has 0 unspecified atom stereocenters. The predicted molar refractivity (Wildman–Crippen MR) is 76.8 cm³/mol. The van der Waals surface area contributed by atoms with Gasteiger partial charge in [0.15, 0.2) is 0 Å². The predicted octanol–water partition coefficient (Wildman–Crippen LogP) is 3.98. The zero-order chi connectivity index (χ0) is 13.0. The van der Waals surface area contributed by atoms with Crippen LogP contribution in [0.25, 0.3) is 0 Å². The fourth-order valence-corrected chi connectivity index (χ4v) is 2.56. The Hall–Kier alpha value is -1.26. The van der Waals surface area contributed by atoms with Crippen molar-refractivity contribution >= 4 is 28.6 Å². The SMILES string of the molecule is CCc1nc(CNc2ccc(OC)c(Cl)c2)cs1. The number of hydrogen-bond donors (Lipinski definition) is 1. The third-order valence-corrected chi connectivity index (χ3v) is 3.86. The molecule has 1 aromatic carbocycles. The van der Waals surface area contributed by atoms with E-state index in [4.69, 9.17) is 16.3 Å². The number of aryl methyl sites for hydroxylation is 1. The number of aromatic nitrogens is 1. The van der Waals surface area contributed by atoms with Gasteiger partial charge in [-0.3, -0.25) is 0 Å². The van der Waals surface area contributed by atoms with Gasteiger partial charge in [-0.1, -0.05) is 18.5 Å². The van der Waals surface area contributed by atoms with Crippen molar-refractivity contribution in [1.29, 1.82) is 0 Å². The molecule has 3 nitrogen and oxygen atoms in total. The van der Waals surface area contributed by atoms with Crippen LogP contribution in [0.1, 0.15) is 17.6 Å². The fraction of sp³-hybridized carbons (Fsp3) is 0.308. The van der Waals surface area contributed by atoms with Gasteiger partial charge >= 0.3 is 0 Å². The van der Waals surface area contributed by atoms with Crippen LogP contribution in [-0.4, -0.2) is 12.1 Å². The number of rotatable bonds is 5. The largest absolute Gasteiger partial charge is 0.495 e. The van der Waals surface area contributed by atoms with E-state index in [0.717, 1.165) is 17.8 Å². The summed E-state index contributed by atoms with van der Waals surface area (Å²) < 4.78 is 5.11. The molecule has 0 radical (unpaired) electrons. The number of methoxy groups -OCH3 is 1. The second-order valence-corrected chi connectivity index (χ2v) is 5.14. The second kappa shape index (κ2) is 6.07. The molecule has 0 fully saturated rings. The maximum atomic E-state index is 6.06. The Kier molecular flexibility index (Phi) is 4.44. The standard InChI is InChI=1S/C13H15ClN2OS/c1-3-13-16-10(8-18-13)7-15-9-4-5-12(17-2)11(14)6-9/h4-6,8,15H,3,7H2,1-2H3. The van der Waals surface area contributed by atoms with E-state index in [1.54, 1.807) is 18.4 Å². The Bertz CT molecular complexity index is 527. The fourth-order valence-electron chi connectivity index (χ4n) is 1.56. The maximum absolute atomic E-state index is 6.06. The minimum absolute atomic E-state index is 0.607. The van der Waals surface area contributed by atoms with E-state index in [-0.39, 0.29) is 0 Å². The summed E-state index contributed by atoms with van der Waals surface area (Å²) in [4.78, 5) is 4.50. The molecule has 2 aromatic rings. The first-order chi connectivity index (χ1) is 8.72. The highest BCUT2D eigenvalue weighted by atomic mass is 35.5. The molecule has 0 spiro atoms. The van der Waals surface area contributed by atoms with Crippen LogP contribution in [0.4, 0.5) is 5.69 Å². The molecular weight excluding hydrogens is 268 g/mol. The van der Waals surface area contributed by atoms with Crippen LogP contribution in [0.15, 0.2) is 23.6 Å². The zero-order valence-corrected chi connectivity index (χ0v) is 11.9. The van der Waals surface area contributed by atoms with Crippen LogP contribution in [-0.2, 0) is 13.0 Å². The minimum atomic E-state index is 0.607. The monoisotopic (exact) mass is 282 g/mol. The Morgan fingerprint density at radius 2 is 2.28 bits per heavy atom. The lowest BCUT2D eigenvalue weighted by Gasteiger charge is -2.07. The number of thiazole rings is 1. The molecular formula is C13H15ClN2OS. The first-order valence-electron chi connectivity index (χ1n) is 5.73. The third-order valence-electron chi connectivity index (χ3n) is 2.53. The Morgan fingerprint density at radius 1 is 1.44 bits per heavy atom. The Balaban J connectivity index is 1.99. The van der Waals surface area contributed by atoms with Gasteiger partial charge in [0, 0.05) is 11.1 Å². The Labute approximate surface area is 116 Å². The second-order valence-electron chi connectivity index (χ2n) is 3.79. The van der Waals surface area contributed by atoms with Crippen molar-refractivity contribution in [2.75, 3.05) is 12.4 Å². The molecule has 0 aliphatic rings. The summed E-state index contributed by atoms with van der Waals surface area (Å²) in [6, 6.07) is 5.65. The maximum Gasteiger partial charge on any atom is 0.137 e. The minimum Gasteiger partial charge on any atom is -0.495 e. The summed E-state index contributed by atoms with van der Waals surface area (Å²) >= 11 is 7.76. The smallest absolute Gasteiger partial charge is 0.137 e. The first kappa shape index (κ1) is 13.2. The number of benzene rings is 1. The molecule has 0 amide bonds. The van der Waals surface area contributed by atoms with Crippen LogP contribution < -0.4 is 10.1 Å². The lowest BCUT2D eigenvalue weighted by Crippen LogP contribution is -2.00. The van der Waals surface area contributed by atoms with E-state index in [1.807, 2.05) is 18.2 Å². The van der Waals surface area contributed by atoms with Gasteiger partial charge in [-0.25, -0.2) is 4.98 Å². The Morgan fingerprint density at radius 3 is 2.89 bits per heavy atom. The quantitative estimate of drug-likeness (QED) is 0.901. The van der Waals surface area contributed by atoms with E-state index in [2.05, 4.69) is 22.6 Å². The zero-order valence-electron chi connectivity index (χ0n) is 10.4. The van der Waals surface area contributed by atoms with Gasteiger partial charge in [0.05, 0.1) is 29.4 Å². The van der Waals surface area contributed by atoms with E-state index in [0.29, 0.717) is 17.3 Å².